The molecule has 0 aliphatic heterocycles. The minimum absolute atomic E-state index is 0.214. The number of hydrogen-bond donors (Lipinski definition) is 1. The summed E-state index contributed by atoms with van der Waals surface area (Å²) in [5.41, 5.74) is 2.37. The van der Waals surface area contributed by atoms with E-state index < -0.39 is 0 Å². The Labute approximate surface area is 107 Å². The monoisotopic (exact) mass is 246 g/mol. The van der Waals surface area contributed by atoms with Crippen molar-refractivity contribution in [3.63, 3.8) is 0 Å². The molecule has 0 fully saturated rings. The summed E-state index contributed by atoms with van der Waals surface area (Å²) in [6.07, 6.45) is 0.950. The van der Waals surface area contributed by atoms with Gasteiger partial charge in [-0.3, -0.25) is 0 Å². The van der Waals surface area contributed by atoms with Gasteiger partial charge in [0.1, 0.15) is 5.75 Å². The van der Waals surface area contributed by atoms with Crippen molar-refractivity contribution in [2.75, 3.05) is 0 Å². The van der Waals surface area contributed by atoms with Crippen molar-refractivity contribution in [2.24, 2.45) is 0 Å². The highest BCUT2D eigenvalue weighted by molar-refractivity contribution is 6.31. The van der Waals surface area contributed by atoms with Gasteiger partial charge in [-0.15, -0.1) is 0 Å². The van der Waals surface area contributed by atoms with E-state index in [1.807, 2.05) is 24.3 Å². The van der Waals surface area contributed by atoms with Crippen molar-refractivity contribution in [2.45, 2.75) is 19.3 Å². The highest BCUT2D eigenvalue weighted by atomic mass is 35.5. The lowest BCUT2D eigenvalue weighted by Crippen LogP contribution is -1.99. The first-order chi connectivity index (χ1) is 8.16. The van der Waals surface area contributed by atoms with E-state index >= 15 is 0 Å². The molecule has 0 bridgehead atoms. The van der Waals surface area contributed by atoms with Crippen molar-refractivity contribution in [1.29, 1.82) is 0 Å². The topological polar surface area (TPSA) is 20.2 Å². The summed E-state index contributed by atoms with van der Waals surface area (Å²) in [4.78, 5) is 0. The maximum atomic E-state index is 9.32. The molecule has 1 nitrogen and oxygen atoms in total. The van der Waals surface area contributed by atoms with Crippen molar-refractivity contribution in [3.05, 3.63) is 64.7 Å². The lowest BCUT2D eigenvalue weighted by molar-refractivity contribution is 0.475. The molecule has 17 heavy (non-hydrogen) atoms. The van der Waals surface area contributed by atoms with Crippen LogP contribution in [0.4, 0.5) is 0 Å². The fourth-order valence-corrected chi connectivity index (χ4v) is 2.35. The second-order valence-electron chi connectivity index (χ2n) is 4.30. The Morgan fingerprint density at radius 1 is 1.12 bits per heavy atom. The van der Waals surface area contributed by atoms with Crippen LogP contribution in [0.25, 0.3) is 0 Å². The molecule has 0 radical (unpaired) electrons. The predicted molar refractivity (Wildman–Crippen MR) is 71.7 cm³/mol. The van der Waals surface area contributed by atoms with Crippen molar-refractivity contribution in [3.8, 4) is 5.75 Å². The summed E-state index contributed by atoms with van der Waals surface area (Å²) in [5, 5.41) is 9.96. The largest absolute Gasteiger partial charge is 0.508 e. The van der Waals surface area contributed by atoms with E-state index in [4.69, 9.17) is 11.6 Å². The molecule has 2 rings (SSSR count). The molecule has 0 saturated heterocycles. The van der Waals surface area contributed by atoms with Crippen molar-refractivity contribution >= 4 is 11.6 Å². The van der Waals surface area contributed by atoms with Gasteiger partial charge >= 0.3 is 0 Å². The van der Waals surface area contributed by atoms with Crippen LogP contribution in [0.2, 0.25) is 5.02 Å². The Morgan fingerprint density at radius 2 is 1.82 bits per heavy atom. The minimum Gasteiger partial charge on any atom is -0.508 e. The second kappa shape index (κ2) is 5.24. The van der Waals surface area contributed by atoms with Crippen LogP contribution in [0.3, 0.4) is 0 Å². The zero-order chi connectivity index (χ0) is 12.3. The van der Waals surface area contributed by atoms with Crippen LogP contribution in [-0.4, -0.2) is 5.11 Å². The van der Waals surface area contributed by atoms with E-state index in [0.29, 0.717) is 10.9 Å². The highest BCUT2D eigenvalue weighted by Gasteiger charge is 2.10. The Balaban J connectivity index is 2.17. The SMILES string of the molecule is CC(Cc1ccccc1)c1ccc(O)cc1Cl. The van der Waals surface area contributed by atoms with Crippen LogP contribution in [-0.2, 0) is 6.42 Å². The van der Waals surface area contributed by atoms with E-state index in [2.05, 4.69) is 19.1 Å². The molecular formula is C15H15ClO. The molecule has 0 heterocycles. The zero-order valence-electron chi connectivity index (χ0n) is 9.73. The van der Waals surface area contributed by atoms with Gasteiger partial charge in [-0.05, 0) is 35.6 Å². The van der Waals surface area contributed by atoms with Crippen LogP contribution in [0.15, 0.2) is 48.5 Å². The van der Waals surface area contributed by atoms with Gasteiger partial charge in [0.05, 0.1) is 0 Å². The van der Waals surface area contributed by atoms with Gasteiger partial charge in [0.25, 0.3) is 0 Å². The smallest absolute Gasteiger partial charge is 0.117 e. The standard InChI is InChI=1S/C15H15ClO/c1-11(9-12-5-3-2-4-6-12)14-8-7-13(17)10-15(14)16/h2-8,10-11,17H,9H2,1H3. The Morgan fingerprint density at radius 3 is 2.47 bits per heavy atom. The molecule has 88 valence electrons. The van der Waals surface area contributed by atoms with Crippen LogP contribution >= 0.6 is 11.6 Å². The third-order valence-electron chi connectivity index (χ3n) is 2.90. The summed E-state index contributed by atoms with van der Waals surface area (Å²) in [5.74, 6) is 0.552. The molecule has 1 atom stereocenters. The Kier molecular flexibility index (Phi) is 3.70. The van der Waals surface area contributed by atoms with E-state index in [1.54, 1.807) is 12.1 Å². The first kappa shape index (κ1) is 12.0. The predicted octanol–water partition coefficient (Wildman–Crippen LogP) is 4.39. The fraction of sp³-hybridized carbons (Fsp3) is 0.200. The normalized spacial score (nSPS) is 12.4. The summed E-state index contributed by atoms with van der Waals surface area (Å²) in [6, 6.07) is 15.5. The molecular weight excluding hydrogens is 232 g/mol. The molecule has 0 amide bonds. The fourth-order valence-electron chi connectivity index (χ4n) is 1.99. The van der Waals surface area contributed by atoms with E-state index in [1.165, 1.54) is 5.56 Å². The van der Waals surface area contributed by atoms with Gasteiger partial charge in [0.2, 0.25) is 0 Å². The van der Waals surface area contributed by atoms with Gasteiger partial charge in [-0.2, -0.15) is 0 Å². The molecule has 0 saturated carbocycles. The zero-order valence-corrected chi connectivity index (χ0v) is 10.5. The second-order valence-corrected chi connectivity index (χ2v) is 4.70. The highest BCUT2D eigenvalue weighted by Crippen LogP contribution is 2.29. The van der Waals surface area contributed by atoms with Crippen LogP contribution in [0, 0.1) is 0 Å². The number of benzene rings is 2. The summed E-state index contributed by atoms with van der Waals surface area (Å²) < 4.78 is 0. The summed E-state index contributed by atoms with van der Waals surface area (Å²) >= 11 is 6.13. The molecule has 0 aliphatic carbocycles. The first-order valence-corrected chi connectivity index (χ1v) is 6.07. The number of phenols is 1. The molecule has 1 N–H and O–H groups in total. The lowest BCUT2D eigenvalue weighted by Gasteiger charge is -2.13. The molecule has 0 spiro atoms. The van der Waals surface area contributed by atoms with Gasteiger partial charge < -0.3 is 5.11 Å². The third-order valence-corrected chi connectivity index (χ3v) is 3.23. The van der Waals surface area contributed by atoms with E-state index in [-0.39, 0.29) is 5.75 Å². The molecule has 2 aromatic carbocycles. The number of hydrogen-bond acceptors (Lipinski definition) is 1. The van der Waals surface area contributed by atoms with Gasteiger partial charge in [-0.1, -0.05) is 54.9 Å². The molecule has 2 aromatic rings. The quantitative estimate of drug-likeness (QED) is 0.852. The number of rotatable bonds is 3. The number of aromatic hydroxyl groups is 1. The van der Waals surface area contributed by atoms with Gasteiger partial charge in [0.15, 0.2) is 0 Å². The Bertz CT molecular complexity index is 494. The Hall–Kier alpha value is -1.47. The average molecular weight is 247 g/mol. The van der Waals surface area contributed by atoms with Gasteiger partial charge in [0, 0.05) is 5.02 Å². The van der Waals surface area contributed by atoms with Crippen LogP contribution in [0.5, 0.6) is 5.75 Å². The third kappa shape index (κ3) is 3.01. The molecule has 0 aromatic heterocycles. The first-order valence-electron chi connectivity index (χ1n) is 5.69. The average Bonchev–Trinajstić information content (AvgIpc) is 2.30. The number of halogens is 1. The van der Waals surface area contributed by atoms with Crippen LogP contribution < -0.4 is 0 Å². The minimum atomic E-state index is 0.214. The van der Waals surface area contributed by atoms with E-state index in [0.717, 1.165) is 12.0 Å². The molecule has 1 unspecified atom stereocenters. The number of phenolic OH excluding ortho intramolecular Hbond substituents is 1. The van der Waals surface area contributed by atoms with Crippen molar-refractivity contribution < 1.29 is 5.11 Å². The van der Waals surface area contributed by atoms with E-state index in [9.17, 15) is 5.11 Å². The maximum absolute atomic E-state index is 9.32. The molecule has 0 aliphatic rings. The van der Waals surface area contributed by atoms with Crippen LogP contribution in [0.1, 0.15) is 24.0 Å². The van der Waals surface area contributed by atoms with Gasteiger partial charge in [-0.25, -0.2) is 0 Å². The summed E-state index contributed by atoms with van der Waals surface area (Å²) in [7, 11) is 0. The maximum Gasteiger partial charge on any atom is 0.117 e. The van der Waals surface area contributed by atoms with Crippen molar-refractivity contribution in [1.82, 2.24) is 0 Å². The molecule has 2 heteroatoms. The lowest BCUT2D eigenvalue weighted by atomic mass is 9.94. The summed E-state index contributed by atoms with van der Waals surface area (Å²) in [6.45, 7) is 2.14.